The first-order valence-corrected chi connectivity index (χ1v) is 8.49. The molecular weight excluding hydrogens is 323 g/mol. The van der Waals surface area contributed by atoms with Gasteiger partial charge in [0.2, 0.25) is 0 Å². The number of rotatable bonds is 5. The molecule has 0 aliphatic carbocycles. The lowest BCUT2D eigenvalue weighted by Crippen LogP contribution is -2.24. The number of benzene rings is 2. The fourth-order valence-electron chi connectivity index (χ4n) is 2.56. The minimum absolute atomic E-state index is 0.0382. The van der Waals surface area contributed by atoms with Crippen LogP contribution < -0.4 is 5.32 Å². The van der Waals surface area contributed by atoms with Crippen LogP contribution in [0, 0.1) is 17.1 Å². The predicted octanol–water partition coefficient (Wildman–Crippen LogP) is 4.30. The van der Waals surface area contributed by atoms with Crippen molar-refractivity contribution in [2.75, 3.05) is 6.54 Å². The minimum atomic E-state index is -0.618. The third kappa shape index (κ3) is 3.46. The quantitative estimate of drug-likeness (QED) is 0.728. The highest BCUT2D eigenvalue weighted by molar-refractivity contribution is 7.19. The van der Waals surface area contributed by atoms with Gasteiger partial charge in [0.1, 0.15) is 18.0 Å². The summed E-state index contributed by atoms with van der Waals surface area (Å²) < 4.78 is 14.8. The summed E-state index contributed by atoms with van der Waals surface area (Å²) in [5.41, 5.74) is 0.784. The van der Waals surface area contributed by atoms with E-state index in [-0.39, 0.29) is 11.6 Å². The highest BCUT2D eigenvalue weighted by Crippen LogP contribution is 2.29. The van der Waals surface area contributed by atoms with Crippen LogP contribution in [0.3, 0.4) is 0 Å². The number of hydrogen-bond acceptors (Lipinski definition) is 4. The van der Waals surface area contributed by atoms with E-state index < -0.39 is 11.9 Å². The zero-order valence-corrected chi connectivity index (χ0v) is 14.0. The second-order valence-electron chi connectivity index (χ2n) is 5.68. The number of nitrogens with one attached hydrogen (secondary N) is 1. The van der Waals surface area contributed by atoms with Gasteiger partial charge >= 0.3 is 0 Å². The van der Waals surface area contributed by atoms with Crippen LogP contribution >= 0.6 is 11.3 Å². The summed E-state index contributed by atoms with van der Waals surface area (Å²) in [6, 6.07) is 16.3. The van der Waals surface area contributed by atoms with Crippen LogP contribution in [0.1, 0.15) is 35.1 Å². The molecule has 3 nitrogen and oxygen atoms in total. The Morgan fingerprint density at radius 1 is 1.25 bits per heavy atom. The molecule has 2 N–H and O–H groups in total. The smallest absolute Gasteiger partial charge is 0.141 e. The number of aliphatic hydroxyl groups excluding tert-OH is 1. The standard InChI is InChI=1S/C19H17FN2OS/c1-12(13-6-7-15(10-21)16(20)8-13)22-11-17(23)19-9-14-4-2-3-5-18(14)24-19/h2-9,12,17,22-23H,11H2,1H3. The lowest BCUT2D eigenvalue weighted by atomic mass is 10.1. The average Bonchev–Trinajstić information content (AvgIpc) is 3.03. The molecule has 0 radical (unpaired) electrons. The van der Waals surface area contributed by atoms with Crippen molar-refractivity contribution in [3.8, 4) is 6.07 Å². The van der Waals surface area contributed by atoms with Gasteiger partial charge in [-0.2, -0.15) is 5.26 Å². The molecule has 2 aromatic carbocycles. The molecular formula is C19H17FN2OS. The summed E-state index contributed by atoms with van der Waals surface area (Å²) in [7, 11) is 0. The van der Waals surface area contributed by atoms with Crippen molar-refractivity contribution in [1.82, 2.24) is 5.32 Å². The third-order valence-electron chi connectivity index (χ3n) is 4.00. The molecule has 3 rings (SSSR count). The summed E-state index contributed by atoms with van der Waals surface area (Å²) in [6.07, 6.45) is -0.618. The van der Waals surface area contributed by atoms with Gasteiger partial charge in [0, 0.05) is 22.2 Å². The fourth-order valence-corrected chi connectivity index (χ4v) is 3.62. The molecule has 0 spiro atoms. The van der Waals surface area contributed by atoms with Crippen LogP contribution in [0.15, 0.2) is 48.5 Å². The van der Waals surface area contributed by atoms with E-state index in [1.807, 2.05) is 43.3 Å². The number of thiophene rings is 1. The van der Waals surface area contributed by atoms with Crippen molar-refractivity contribution >= 4 is 21.4 Å². The summed E-state index contributed by atoms with van der Waals surface area (Å²) in [5, 5.41) is 23.5. The molecule has 2 atom stereocenters. The van der Waals surface area contributed by atoms with E-state index >= 15 is 0 Å². The Balaban J connectivity index is 1.66. The van der Waals surface area contributed by atoms with Crippen molar-refractivity contribution in [1.29, 1.82) is 5.26 Å². The van der Waals surface area contributed by atoms with Gasteiger partial charge in [-0.3, -0.25) is 0 Å². The Kier molecular flexibility index (Phi) is 4.91. The van der Waals surface area contributed by atoms with Gasteiger partial charge < -0.3 is 10.4 Å². The average molecular weight is 340 g/mol. The molecule has 0 fully saturated rings. The summed E-state index contributed by atoms with van der Waals surface area (Å²) >= 11 is 1.57. The van der Waals surface area contributed by atoms with E-state index in [9.17, 15) is 9.50 Å². The van der Waals surface area contributed by atoms with Crippen LogP contribution in [0.2, 0.25) is 0 Å². The molecule has 1 aromatic heterocycles. The molecule has 0 saturated heterocycles. The van der Waals surface area contributed by atoms with Gasteiger partial charge in [0.15, 0.2) is 0 Å². The van der Waals surface area contributed by atoms with Crippen LogP contribution in [-0.2, 0) is 0 Å². The van der Waals surface area contributed by atoms with E-state index in [0.717, 1.165) is 20.5 Å². The molecule has 3 aromatic rings. The van der Waals surface area contributed by atoms with Gasteiger partial charge in [0.05, 0.1) is 5.56 Å². The molecule has 0 amide bonds. The second kappa shape index (κ2) is 7.10. The second-order valence-corrected chi connectivity index (χ2v) is 6.80. The Morgan fingerprint density at radius 2 is 2.04 bits per heavy atom. The van der Waals surface area contributed by atoms with Crippen LogP contribution in [-0.4, -0.2) is 11.7 Å². The van der Waals surface area contributed by atoms with Gasteiger partial charge in [0.25, 0.3) is 0 Å². The highest BCUT2D eigenvalue weighted by atomic mass is 32.1. The molecule has 122 valence electrons. The molecule has 2 unspecified atom stereocenters. The van der Waals surface area contributed by atoms with Crippen molar-refractivity contribution < 1.29 is 9.50 Å². The van der Waals surface area contributed by atoms with E-state index in [2.05, 4.69) is 5.32 Å². The van der Waals surface area contributed by atoms with Gasteiger partial charge in [-0.25, -0.2) is 4.39 Å². The molecule has 1 heterocycles. The van der Waals surface area contributed by atoms with E-state index in [4.69, 9.17) is 5.26 Å². The monoisotopic (exact) mass is 340 g/mol. The number of fused-ring (bicyclic) bond motifs is 1. The zero-order valence-electron chi connectivity index (χ0n) is 13.2. The molecule has 24 heavy (non-hydrogen) atoms. The van der Waals surface area contributed by atoms with Crippen LogP contribution in [0.4, 0.5) is 4.39 Å². The van der Waals surface area contributed by atoms with Crippen LogP contribution in [0.5, 0.6) is 0 Å². The molecule has 0 aliphatic heterocycles. The van der Waals surface area contributed by atoms with Crippen LogP contribution in [0.25, 0.3) is 10.1 Å². The van der Waals surface area contributed by atoms with Crippen molar-refractivity contribution in [2.24, 2.45) is 0 Å². The number of halogens is 1. The van der Waals surface area contributed by atoms with Crippen molar-refractivity contribution in [2.45, 2.75) is 19.1 Å². The predicted molar refractivity (Wildman–Crippen MR) is 94.3 cm³/mol. The molecule has 0 saturated carbocycles. The van der Waals surface area contributed by atoms with Gasteiger partial charge in [-0.15, -0.1) is 11.3 Å². The first-order chi connectivity index (χ1) is 11.6. The molecule has 0 bridgehead atoms. The largest absolute Gasteiger partial charge is 0.386 e. The van der Waals surface area contributed by atoms with E-state index in [1.54, 1.807) is 17.4 Å². The Bertz CT molecular complexity index is 867. The maximum atomic E-state index is 13.7. The van der Waals surface area contributed by atoms with Gasteiger partial charge in [-0.05, 0) is 42.1 Å². The first-order valence-electron chi connectivity index (χ1n) is 7.68. The summed E-state index contributed by atoms with van der Waals surface area (Å²) in [5.74, 6) is -0.520. The normalized spacial score (nSPS) is 13.6. The highest BCUT2D eigenvalue weighted by Gasteiger charge is 2.14. The van der Waals surface area contributed by atoms with Crippen molar-refractivity contribution in [3.05, 3.63) is 70.4 Å². The minimum Gasteiger partial charge on any atom is -0.386 e. The zero-order chi connectivity index (χ0) is 17.1. The lowest BCUT2D eigenvalue weighted by molar-refractivity contribution is 0.174. The molecule has 5 heteroatoms. The maximum absolute atomic E-state index is 13.7. The summed E-state index contributed by atoms with van der Waals surface area (Å²) in [6.45, 7) is 2.27. The van der Waals surface area contributed by atoms with E-state index in [1.165, 1.54) is 12.1 Å². The fraction of sp³-hybridized carbons (Fsp3) is 0.211. The SMILES string of the molecule is CC(NCC(O)c1cc2ccccc2s1)c1ccc(C#N)c(F)c1. The van der Waals surface area contributed by atoms with E-state index in [0.29, 0.717) is 6.54 Å². The van der Waals surface area contributed by atoms with Crippen molar-refractivity contribution in [3.63, 3.8) is 0 Å². The molecule has 0 aliphatic rings. The topological polar surface area (TPSA) is 56.0 Å². The van der Waals surface area contributed by atoms with Gasteiger partial charge in [-0.1, -0.05) is 24.3 Å². The lowest BCUT2D eigenvalue weighted by Gasteiger charge is -2.17. The Morgan fingerprint density at radius 3 is 2.75 bits per heavy atom. The number of nitriles is 1. The Labute approximate surface area is 144 Å². The number of nitrogens with zero attached hydrogens (tertiary/aromatic N) is 1. The number of hydrogen-bond donors (Lipinski definition) is 2. The number of aliphatic hydroxyl groups is 1. The summed E-state index contributed by atoms with van der Waals surface area (Å²) in [4.78, 5) is 0.905. The Hall–Kier alpha value is -2.26. The maximum Gasteiger partial charge on any atom is 0.141 e. The first kappa shape index (κ1) is 16.6. The third-order valence-corrected chi connectivity index (χ3v) is 5.22.